The van der Waals surface area contributed by atoms with E-state index in [0.717, 1.165) is 15.6 Å². The standard InChI is InChI=1S/C18H15BrN4O2/c1-25-17-5-3-2-4-14(17)15-10-16(22-21-15)18(24)23-20-11-12-6-8-13(19)9-7-12/h2-11H,1H3,(H,21,22)(H,23,24)/b20-11-. The highest BCUT2D eigenvalue weighted by molar-refractivity contribution is 9.10. The van der Waals surface area contributed by atoms with E-state index >= 15 is 0 Å². The predicted octanol–water partition coefficient (Wildman–Crippen LogP) is 3.61. The fraction of sp³-hybridized carbons (Fsp3) is 0.0556. The Kier molecular flexibility index (Phi) is 5.25. The first kappa shape index (κ1) is 16.9. The molecule has 1 aromatic heterocycles. The number of hydrogen-bond acceptors (Lipinski definition) is 4. The number of H-pyrrole nitrogens is 1. The molecule has 2 aromatic carbocycles. The van der Waals surface area contributed by atoms with Crippen molar-refractivity contribution < 1.29 is 9.53 Å². The molecule has 0 unspecified atom stereocenters. The van der Waals surface area contributed by atoms with Crippen LogP contribution < -0.4 is 10.2 Å². The van der Waals surface area contributed by atoms with Crippen LogP contribution in [0.2, 0.25) is 0 Å². The van der Waals surface area contributed by atoms with Crippen LogP contribution in [0.1, 0.15) is 16.1 Å². The summed E-state index contributed by atoms with van der Waals surface area (Å²) in [5, 5.41) is 10.8. The lowest BCUT2D eigenvalue weighted by Gasteiger charge is -2.04. The fourth-order valence-electron chi connectivity index (χ4n) is 2.21. The molecule has 3 rings (SSSR count). The van der Waals surface area contributed by atoms with Gasteiger partial charge in [0, 0.05) is 10.0 Å². The van der Waals surface area contributed by atoms with Gasteiger partial charge in [0.15, 0.2) is 0 Å². The van der Waals surface area contributed by atoms with Gasteiger partial charge in [-0.25, -0.2) is 5.43 Å². The molecule has 7 heteroatoms. The summed E-state index contributed by atoms with van der Waals surface area (Å²) in [6.45, 7) is 0. The first-order valence-electron chi connectivity index (χ1n) is 7.45. The molecule has 0 aliphatic carbocycles. The molecule has 25 heavy (non-hydrogen) atoms. The molecule has 3 aromatic rings. The zero-order valence-corrected chi connectivity index (χ0v) is 14.9. The van der Waals surface area contributed by atoms with Crippen molar-refractivity contribution >= 4 is 28.1 Å². The molecule has 0 aliphatic heterocycles. The number of para-hydroxylation sites is 1. The van der Waals surface area contributed by atoms with Crippen molar-refractivity contribution in [3.8, 4) is 17.0 Å². The van der Waals surface area contributed by atoms with Gasteiger partial charge in [-0.1, -0.05) is 40.2 Å². The highest BCUT2D eigenvalue weighted by Crippen LogP contribution is 2.28. The second-order valence-corrected chi connectivity index (χ2v) is 6.03. The number of ether oxygens (including phenoxy) is 1. The Morgan fingerprint density at radius 1 is 1.24 bits per heavy atom. The highest BCUT2D eigenvalue weighted by Gasteiger charge is 2.13. The van der Waals surface area contributed by atoms with Crippen LogP contribution in [0.15, 0.2) is 64.2 Å². The number of benzene rings is 2. The van der Waals surface area contributed by atoms with Crippen LogP contribution in [0.25, 0.3) is 11.3 Å². The van der Waals surface area contributed by atoms with Crippen molar-refractivity contribution in [1.29, 1.82) is 0 Å². The molecular formula is C18H15BrN4O2. The number of hydrazone groups is 1. The van der Waals surface area contributed by atoms with Crippen LogP contribution in [-0.4, -0.2) is 29.4 Å². The Labute approximate surface area is 153 Å². The Morgan fingerprint density at radius 2 is 2.00 bits per heavy atom. The Bertz CT molecular complexity index is 903. The third-order valence-electron chi connectivity index (χ3n) is 3.46. The number of carbonyl (C=O) groups excluding carboxylic acids is 1. The number of methoxy groups -OCH3 is 1. The summed E-state index contributed by atoms with van der Waals surface area (Å²) in [7, 11) is 1.59. The minimum Gasteiger partial charge on any atom is -0.496 e. The molecule has 6 nitrogen and oxygen atoms in total. The number of amides is 1. The molecule has 0 radical (unpaired) electrons. The quantitative estimate of drug-likeness (QED) is 0.508. The van der Waals surface area contributed by atoms with Gasteiger partial charge in [0.2, 0.25) is 0 Å². The topological polar surface area (TPSA) is 79.4 Å². The van der Waals surface area contributed by atoms with Crippen LogP contribution in [-0.2, 0) is 0 Å². The summed E-state index contributed by atoms with van der Waals surface area (Å²) >= 11 is 3.36. The smallest absolute Gasteiger partial charge is 0.289 e. The zero-order chi connectivity index (χ0) is 17.6. The zero-order valence-electron chi connectivity index (χ0n) is 13.4. The molecule has 0 saturated heterocycles. The van der Waals surface area contributed by atoms with E-state index in [1.807, 2.05) is 48.5 Å². The molecular weight excluding hydrogens is 384 g/mol. The summed E-state index contributed by atoms with van der Waals surface area (Å²) < 4.78 is 6.29. The van der Waals surface area contributed by atoms with E-state index < -0.39 is 0 Å². The largest absolute Gasteiger partial charge is 0.496 e. The average Bonchev–Trinajstić information content (AvgIpc) is 3.13. The van der Waals surface area contributed by atoms with E-state index in [4.69, 9.17) is 4.74 Å². The van der Waals surface area contributed by atoms with Gasteiger partial charge in [-0.2, -0.15) is 10.2 Å². The summed E-state index contributed by atoms with van der Waals surface area (Å²) in [6.07, 6.45) is 1.57. The predicted molar refractivity (Wildman–Crippen MR) is 99.8 cm³/mol. The van der Waals surface area contributed by atoms with Gasteiger partial charge in [-0.15, -0.1) is 0 Å². The van der Waals surface area contributed by atoms with E-state index in [1.54, 1.807) is 19.4 Å². The fourth-order valence-corrected chi connectivity index (χ4v) is 2.47. The maximum Gasteiger partial charge on any atom is 0.289 e. The summed E-state index contributed by atoms with van der Waals surface area (Å²) in [5.41, 5.74) is 5.09. The van der Waals surface area contributed by atoms with Crippen molar-refractivity contribution in [3.05, 3.63) is 70.3 Å². The van der Waals surface area contributed by atoms with Crippen molar-refractivity contribution in [3.63, 3.8) is 0 Å². The normalized spacial score (nSPS) is 10.8. The molecule has 1 heterocycles. The van der Waals surface area contributed by atoms with E-state index in [-0.39, 0.29) is 5.91 Å². The average molecular weight is 399 g/mol. The number of nitrogens with zero attached hydrogens (tertiary/aromatic N) is 2. The Hall–Kier alpha value is -2.93. The van der Waals surface area contributed by atoms with Crippen LogP contribution in [0.5, 0.6) is 5.75 Å². The van der Waals surface area contributed by atoms with Gasteiger partial charge in [-0.05, 0) is 35.9 Å². The number of rotatable bonds is 5. The first-order valence-corrected chi connectivity index (χ1v) is 8.24. The second kappa shape index (κ2) is 7.76. The third kappa shape index (κ3) is 4.13. The van der Waals surface area contributed by atoms with E-state index in [9.17, 15) is 4.79 Å². The number of halogens is 1. The van der Waals surface area contributed by atoms with Crippen molar-refractivity contribution in [2.45, 2.75) is 0 Å². The number of aromatic amines is 1. The first-order chi connectivity index (χ1) is 12.2. The molecule has 1 amide bonds. The van der Waals surface area contributed by atoms with Crippen LogP contribution in [0, 0.1) is 0 Å². The maximum atomic E-state index is 12.2. The lowest BCUT2D eigenvalue weighted by molar-refractivity contribution is 0.0950. The Morgan fingerprint density at radius 3 is 2.76 bits per heavy atom. The molecule has 126 valence electrons. The Balaban J connectivity index is 1.69. The molecule has 0 fully saturated rings. The number of nitrogens with one attached hydrogen (secondary N) is 2. The van der Waals surface area contributed by atoms with Gasteiger partial charge < -0.3 is 4.74 Å². The number of hydrogen-bond donors (Lipinski definition) is 2. The van der Waals surface area contributed by atoms with Crippen molar-refractivity contribution in [1.82, 2.24) is 15.6 Å². The molecule has 2 N–H and O–H groups in total. The van der Waals surface area contributed by atoms with E-state index in [2.05, 4.69) is 36.7 Å². The minimum atomic E-state index is -0.373. The van der Waals surface area contributed by atoms with Gasteiger partial charge >= 0.3 is 0 Å². The SMILES string of the molecule is COc1ccccc1-c1cc(C(=O)N/N=C\c2ccc(Br)cc2)[nH]n1. The van der Waals surface area contributed by atoms with Gasteiger partial charge in [-0.3, -0.25) is 9.89 Å². The lowest BCUT2D eigenvalue weighted by atomic mass is 10.1. The van der Waals surface area contributed by atoms with Crippen LogP contribution in [0.4, 0.5) is 0 Å². The molecule has 0 spiro atoms. The summed E-state index contributed by atoms with van der Waals surface area (Å²) in [6, 6.07) is 16.7. The molecule has 0 aliphatic rings. The lowest BCUT2D eigenvalue weighted by Crippen LogP contribution is -2.17. The highest BCUT2D eigenvalue weighted by atomic mass is 79.9. The van der Waals surface area contributed by atoms with Gasteiger partial charge in [0.25, 0.3) is 5.91 Å². The third-order valence-corrected chi connectivity index (χ3v) is 3.98. The summed E-state index contributed by atoms with van der Waals surface area (Å²) in [5.74, 6) is 0.316. The van der Waals surface area contributed by atoms with Crippen molar-refractivity contribution in [2.75, 3.05) is 7.11 Å². The molecule has 0 atom stereocenters. The molecule has 0 bridgehead atoms. The number of carbonyl (C=O) groups is 1. The van der Waals surface area contributed by atoms with E-state index in [1.165, 1.54) is 0 Å². The monoisotopic (exact) mass is 398 g/mol. The minimum absolute atomic E-state index is 0.314. The number of aromatic nitrogens is 2. The van der Waals surface area contributed by atoms with Crippen LogP contribution >= 0.6 is 15.9 Å². The van der Waals surface area contributed by atoms with Crippen molar-refractivity contribution in [2.24, 2.45) is 5.10 Å². The van der Waals surface area contributed by atoms with Gasteiger partial charge in [0.1, 0.15) is 11.4 Å². The van der Waals surface area contributed by atoms with Gasteiger partial charge in [0.05, 0.1) is 19.0 Å². The molecule has 0 saturated carbocycles. The van der Waals surface area contributed by atoms with E-state index in [0.29, 0.717) is 17.1 Å². The summed E-state index contributed by atoms with van der Waals surface area (Å²) in [4.78, 5) is 12.2. The second-order valence-electron chi connectivity index (χ2n) is 5.12. The maximum absolute atomic E-state index is 12.2. The van der Waals surface area contributed by atoms with Crippen LogP contribution in [0.3, 0.4) is 0 Å².